The molecule has 0 bridgehead atoms. The predicted molar refractivity (Wildman–Crippen MR) is 83.5 cm³/mol. The first-order valence-electron chi connectivity index (χ1n) is 7.06. The molecule has 3 aromatic rings. The Morgan fingerprint density at radius 2 is 2.04 bits per heavy atom. The van der Waals surface area contributed by atoms with Crippen molar-refractivity contribution in [1.29, 1.82) is 0 Å². The maximum Gasteiger partial charge on any atom is 0.271 e. The lowest BCUT2D eigenvalue weighted by Crippen LogP contribution is -2.23. The van der Waals surface area contributed by atoms with E-state index in [0.29, 0.717) is 24.7 Å². The summed E-state index contributed by atoms with van der Waals surface area (Å²) in [5.74, 6) is 0.977. The number of aromatic nitrogens is 3. The normalized spacial score (nSPS) is 10.3. The van der Waals surface area contributed by atoms with E-state index in [1.54, 1.807) is 30.8 Å². The molecule has 0 aliphatic rings. The van der Waals surface area contributed by atoms with Gasteiger partial charge in [-0.25, -0.2) is 9.97 Å². The summed E-state index contributed by atoms with van der Waals surface area (Å²) in [5, 5.41) is 5.84. The van der Waals surface area contributed by atoms with Crippen LogP contribution in [0, 0.1) is 0 Å². The van der Waals surface area contributed by atoms with Crippen molar-refractivity contribution in [2.75, 3.05) is 5.32 Å². The van der Waals surface area contributed by atoms with Crippen LogP contribution in [0.15, 0.2) is 59.7 Å². The van der Waals surface area contributed by atoms with Crippen LogP contribution in [0.5, 0.6) is 0 Å². The molecule has 0 saturated carbocycles. The molecular weight excluding hydrogens is 294 g/mol. The van der Waals surface area contributed by atoms with Crippen molar-refractivity contribution in [1.82, 2.24) is 20.3 Å². The summed E-state index contributed by atoms with van der Waals surface area (Å²) in [6.45, 7) is 0.904. The van der Waals surface area contributed by atoms with Gasteiger partial charge in [-0.3, -0.25) is 9.78 Å². The van der Waals surface area contributed by atoms with Crippen LogP contribution in [0.1, 0.15) is 21.8 Å². The molecule has 116 valence electrons. The molecule has 0 aliphatic heterocycles. The van der Waals surface area contributed by atoms with E-state index in [1.807, 2.05) is 12.1 Å². The minimum Gasteiger partial charge on any atom is -0.467 e. The SMILES string of the molecule is O=C(NCc1ccco1)c1cnc(NCc2cccnc2)cn1. The Labute approximate surface area is 132 Å². The van der Waals surface area contributed by atoms with E-state index in [4.69, 9.17) is 4.42 Å². The summed E-state index contributed by atoms with van der Waals surface area (Å²) in [5.41, 5.74) is 1.29. The van der Waals surface area contributed by atoms with Gasteiger partial charge in [-0.1, -0.05) is 6.07 Å². The maximum atomic E-state index is 11.9. The highest BCUT2D eigenvalue weighted by atomic mass is 16.3. The Hall–Kier alpha value is -3.22. The van der Waals surface area contributed by atoms with E-state index in [1.165, 1.54) is 12.4 Å². The molecule has 3 aromatic heterocycles. The number of hydrogen-bond donors (Lipinski definition) is 2. The first kappa shape index (κ1) is 14.7. The smallest absolute Gasteiger partial charge is 0.271 e. The average Bonchev–Trinajstić information content (AvgIpc) is 3.13. The molecule has 0 radical (unpaired) electrons. The van der Waals surface area contributed by atoms with Crippen LogP contribution in [0.4, 0.5) is 5.82 Å². The number of hydrogen-bond acceptors (Lipinski definition) is 6. The van der Waals surface area contributed by atoms with Gasteiger partial charge in [0.2, 0.25) is 0 Å². The van der Waals surface area contributed by atoms with Crippen molar-refractivity contribution < 1.29 is 9.21 Å². The molecule has 7 heteroatoms. The van der Waals surface area contributed by atoms with Gasteiger partial charge in [0.25, 0.3) is 5.91 Å². The van der Waals surface area contributed by atoms with Gasteiger partial charge in [-0.05, 0) is 23.8 Å². The molecular formula is C16H15N5O2. The number of rotatable bonds is 6. The topological polar surface area (TPSA) is 92.9 Å². The summed E-state index contributed by atoms with van der Waals surface area (Å²) in [6.07, 6.45) is 8.02. The fourth-order valence-electron chi connectivity index (χ4n) is 1.90. The standard InChI is InChI=1S/C16H15N5O2/c22-16(21-9-13-4-2-6-23-13)14-10-20-15(11-18-14)19-8-12-3-1-5-17-7-12/h1-7,10-11H,8-9H2,(H,19,20)(H,21,22). The monoisotopic (exact) mass is 309 g/mol. The van der Waals surface area contributed by atoms with E-state index in [9.17, 15) is 4.79 Å². The molecule has 23 heavy (non-hydrogen) atoms. The van der Waals surface area contributed by atoms with Crippen molar-refractivity contribution in [2.45, 2.75) is 13.1 Å². The molecule has 0 atom stereocenters. The van der Waals surface area contributed by atoms with E-state index in [-0.39, 0.29) is 11.6 Å². The Morgan fingerprint density at radius 3 is 2.74 bits per heavy atom. The van der Waals surface area contributed by atoms with Crippen LogP contribution in [0.25, 0.3) is 0 Å². The van der Waals surface area contributed by atoms with Crippen LogP contribution in [0.3, 0.4) is 0 Å². The van der Waals surface area contributed by atoms with Crippen molar-refractivity contribution in [3.63, 3.8) is 0 Å². The lowest BCUT2D eigenvalue weighted by Gasteiger charge is -2.06. The van der Waals surface area contributed by atoms with Crippen LogP contribution < -0.4 is 10.6 Å². The van der Waals surface area contributed by atoms with Crippen LogP contribution in [0.2, 0.25) is 0 Å². The summed E-state index contributed by atoms with van der Waals surface area (Å²) in [4.78, 5) is 24.3. The van der Waals surface area contributed by atoms with E-state index < -0.39 is 0 Å². The van der Waals surface area contributed by atoms with Crippen molar-refractivity contribution >= 4 is 11.7 Å². The number of pyridine rings is 1. The summed E-state index contributed by atoms with van der Waals surface area (Å²) in [6, 6.07) is 7.39. The van der Waals surface area contributed by atoms with Gasteiger partial charge >= 0.3 is 0 Å². The first-order chi connectivity index (χ1) is 11.3. The highest BCUT2D eigenvalue weighted by molar-refractivity contribution is 5.91. The molecule has 2 N–H and O–H groups in total. The number of amides is 1. The zero-order valence-electron chi connectivity index (χ0n) is 12.3. The molecule has 3 heterocycles. The minimum atomic E-state index is -0.298. The molecule has 3 rings (SSSR count). The van der Waals surface area contributed by atoms with Gasteiger partial charge < -0.3 is 15.1 Å². The number of anilines is 1. The Morgan fingerprint density at radius 1 is 1.09 bits per heavy atom. The Bertz CT molecular complexity index is 742. The second-order valence-electron chi connectivity index (χ2n) is 4.76. The van der Waals surface area contributed by atoms with E-state index in [0.717, 1.165) is 5.56 Å². The fraction of sp³-hybridized carbons (Fsp3) is 0.125. The number of nitrogens with one attached hydrogen (secondary N) is 2. The number of carbonyl (C=O) groups excluding carboxylic acids is 1. The third-order valence-corrected chi connectivity index (χ3v) is 3.08. The second kappa shape index (κ2) is 7.17. The lowest BCUT2D eigenvalue weighted by atomic mass is 10.3. The van der Waals surface area contributed by atoms with Gasteiger partial charge in [-0.15, -0.1) is 0 Å². The highest BCUT2D eigenvalue weighted by Gasteiger charge is 2.08. The van der Waals surface area contributed by atoms with Crippen LogP contribution in [-0.2, 0) is 13.1 Å². The molecule has 0 fully saturated rings. The van der Waals surface area contributed by atoms with Crippen molar-refractivity contribution in [3.8, 4) is 0 Å². The molecule has 0 aliphatic carbocycles. The number of furan rings is 1. The summed E-state index contributed by atoms with van der Waals surface area (Å²) >= 11 is 0. The quantitative estimate of drug-likeness (QED) is 0.723. The largest absolute Gasteiger partial charge is 0.467 e. The summed E-state index contributed by atoms with van der Waals surface area (Å²) < 4.78 is 5.15. The van der Waals surface area contributed by atoms with Crippen molar-refractivity contribution in [2.24, 2.45) is 0 Å². The third kappa shape index (κ3) is 4.13. The molecule has 0 aromatic carbocycles. The van der Waals surface area contributed by atoms with Crippen LogP contribution in [-0.4, -0.2) is 20.9 Å². The second-order valence-corrected chi connectivity index (χ2v) is 4.76. The predicted octanol–water partition coefficient (Wildman–Crippen LogP) is 2.01. The number of nitrogens with zero attached hydrogens (tertiary/aromatic N) is 3. The van der Waals surface area contributed by atoms with Crippen molar-refractivity contribution in [3.05, 3.63) is 72.3 Å². The molecule has 7 nitrogen and oxygen atoms in total. The first-order valence-corrected chi connectivity index (χ1v) is 7.06. The maximum absolute atomic E-state index is 11.9. The zero-order valence-corrected chi connectivity index (χ0v) is 12.3. The summed E-state index contributed by atoms with van der Waals surface area (Å²) in [7, 11) is 0. The molecule has 1 amide bonds. The molecule has 0 saturated heterocycles. The van der Waals surface area contributed by atoms with Crippen LogP contribution >= 0.6 is 0 Å². The zero-order chi connectivity index (χ0) is 15.9. The fourth-order valence-corrected chi connectivity index (χ4v) is 1.90. The van der Waals surface area contributed by atoms with Gasteiger partial charge in [0.05, 0.1) is 25.2 Å². The van der Waals surface area contributed by atoms with Gasteiger partial charge in [0.1, 0.15) is 17.3 Å². The van der Waals surface area contributed by atoms with E-state index in [2.05, 4.69) is 25.6 Å². The Kier molecular flexibility index (Phi) is 4.58. The molecule has 0 spiro atoms. The molecule has 0 unspecified atom stereocenters. The van der Waals surface area contributed by atoms with Gasteiger partial charge in [0, 0.05) is 18.9 Å². The van der Waals surface area contributed by atoms with Gasteiger partial charge in [-0.2, -0.15) is 0 Å². The minimum absolute atomic E-state index is 0.253. The Balaban J connectivity index is 1.53. The average molecular weight is 309 g/mol. The number of carbonyl (C=O) groups is 1. The lowest BCUT2D eigenvalue weighted by molar-refractivity contribution is 0.0942. The third-order valence-electron chi connectivity index (χ3n) is 3.08. The van der Waals surface area contributed by atoms with Gasteiger partial charge in [0.15, 0.2) is 0 Å². The van der Waals surface area contributed by atoms with E-state index >= 15 is 0 Å². The highest BCUT2D eigenvalue weighted by Crippen LogP contribution is 2.05.